The van der Waals surface area contributed by atoms with E-state index in [0.717, 1.165) is 10.9 Å². The highest BCUT2D eigenvalue weighted by atomic mass is 79.9. The summed E-state index contributed by atoms with van der Waals surface area (Å²) in [5.41, 5.74) is 1.62. The number of amides is 1. The summed E-state index contributed by atoms with van der Waals surface area (Å²) < 4.78 is 5.63. The zero-order valence-corrected chi connectivity index (χ0v) is 13.4. The van der Waals surface area contributed by atoms with Crippen LogP contribution in [0, 0.1) is 6.92 Å². The molecule has 0 saturated carbocycles. The summed E-state index contributed by atoms with van der Waals surface area (Å²) in [6, 6.07) is 5.60. The van der Waals surface area contributed by atoms with Crippen molar-refractivity contribution in [2.24, 2.45) is 0 Å². The zero-order valence-electron chi connectivity index (χ0n) is 11.0. The molecule has 0 radical (unpaired) electrons. The maximum absolute atomic E-state index is 12.6. The predicted octanol–water partition coefficient (Wildman–Crippen LogP) is 3.27. The number of carbonyl (C=O) groups is 1. The topological polar surface area (TPSA) is 29.5 Å². The molecule has 3 nitrogen and oxygen atoms in total. The molecule has 0 aliphatic carbocycles. The van der Waals surface area contributed by atoms with Crippen LogP contribution in [0.4, 0.5) is 0 Å². The highest BCUT2D eigenvalue weighted by molar-refractivity contribution is 9.09. The number of benzene rings is 1. The SMILES string of the molecule is Cc1ccc(C(=O)N2CC(CBr)OCC2C)c(Cl)c1. The first-order valence-electron chi connectivity index (χ1n) is 6.27. The Balaban J connectivity index is 2.22. The Hall–Kier alpha value is -0.580. The van der Waals surface area contributed by atoms with Crippen molar-refractivity contribution in [3.8, 4) is 0 Å². The van der Waals surface area contributed by atoms with Gasteiger partial charge in [-0.15, -0.1) is 0 Å². The maximum atomic E-state index is 12.6. The summed E-state index contributed by atoms with van der Waals surface area (Å²) in [7, 11) is 0. The van der Waals surface area contributed by atoms with E-state index in [1.54, 1.807) is 6.07 Å². The molecule has 2 atom stereocenters. The molecular weight excluding hydrogens is 330 g/mol. The normalized spacial score (nSPS) is 23.5. The van der Waals surface area contributed by atoms with Crippen molar-refractivity contribution in [3.05, 3.63) is 34.3 Å². The van der Waals surface area contributed by atoms with Crippen LogP contribution in [-0.4, -0.2) is 41.4 Å². The zero-order chi connectivity index (χ0) is 14.0. The first kappa shape index (κ1) is 14.8. The third-order valence-corrected chi connectivity index (χ3v) is 4.33. The van der Waals surface area contributed by atoms with E-state index >= 15 is 0 Å². The van der Waals surface area contributed by atoms with Gasteiger partial charge in [0.2, 0.25) is 0 Å². The van der Waals surface area contributed by atoms with Crippen LogP contribution in [-0.2, 0) is 4.74 Å². The average molecular weight is 347 g/mol. The van der Waals surface area contributed by atoms with Gasteiger partial charge in [-0.2, -0.15) is 0 Å². The van der Waals surface area contributed by atoms with Crippen molar-refractivity contribution in [2.75, 3.05) is 18.5 Å². The first-order chi connectivity index (χ1) is 9.02. The fraction of sp³-hybridized carbons (Fsp3) is 0.500. The number of hydrogen-bond donors (Lipinski definition) is 0. The standard InChI is InChI=1S/C14H17BrClNO2/c1-9-3-4-12(13(16)5-9)14(18)17-7-11(6-15)19-8-10(17)2/h3-5,10-11H,6-8H2,1-2H3. The molecule has 0 spiro atoms. The Morgan fingerprint density at radius 2 is 2.32 bits per heavy atom. The Morgan fingerprint density at radius 3 is 2.95 bits per heavy atom. The second-order valence-electron chi connectivity index (χ2n) is 4.90. The summed E-state index contributed by atoms with van der Waals surface area (Å²) in [6.07, 6.45) is 0.0457. The van der Waals surface area contributed by atoms with E-state index < -0.39 is 0 Å². The molecule has 1 aliphatic heterocycles. The molecule has 0 bridgehead atoms. The second-order valence-corrected chi connectivity index (χ2v) is 5.95. The van der Waals surface area contributed by atoms with E-state index in [9.17, 15) is 4.79 Å². The third-order valence-electron chi connectivity index (χ3n) is 3.29. The van der Waals surface area contributed by atoms with E-state index in [2.05, 4.69) is 15.9 Å². The van der Waals surface area contributed by atoms with Gasteiger partial charge in [-0.05, 0) is 31.5 Å². The second kappa shape index (κ2) is 6.25. The Labute approximate surface area is 127 Å². The molecule has 0 N–H and O–H groups in total. The van der Waals surface area contributed by atoms with E-state index in [-0.39, 0.29) is 18.1 Å². The van der Waals surface area contributed by atoms with Gasteiger partial charge in [0.1, 0.15) is 0 Å². The van der Waals surface area contributed by atoms with Crippen LogP contribution in [0.15, 0.2) is 18.2 Å². The number of alkyl halides is 1. The molecule has 1 saturated heterocycles. The lowest BCUT2D eigenvalue weighted by Crippen LogP contribution is -2.51. The molecule has 1 aromatic carbocycles. The number of carbonyl (C=O) groups excluding carboxylic acids is 1. The van der Waals surface area contributed by atoms with Gasteiger partial charge in [-0.3, -0.25) is 4.79 Å². The monoisotopic (exact) mass is 345 g/mol. The van der Waals surface area contributed by atoms with Crippen molar-refractivity contribution in [1.82, 2.24) is 4.90 Å². The maximum Gasteiger partial charge on any atom is 0.255 e. The quantitative estimate of drug-likeness (QED) is 0.769. The van der Waals surface area contributed by atoms with Crippen molar-refractivity contribution in [3.63, 3.8) is 0 Å². The molecule has 0 aromatic heterocycles. The van der Waals surface area contributed by atoms with Gasteiger partial charge in [0.25, 0.3) is 5.91 Å². The summed E-state index contributed by atoms with van der Waals surface area (Å²) in [6.45, 7) is 5.10. The lowest BCUT2D eigenvalue weighted by Gasteiger charge is -2.37. The van der Waals surface area contributed by atoms with E-state index in [1.165, 1.54) is 0 Å². The number of halogens is 2. The Kier molecular flexibility index (Phi) is 4.87. The van der Waals surface area contributed by atoms with Crippen LogP contribution >= 0.6 is 27.5 Å². The van der Waals surface area contributed by atoms with Gasteiger partial charge in [-0.1, -0.05) is 33.6 Å². The van der Waals surface area contributed by atoms with Crippen molar-refractivity contribution < 1.29 is 9.53 Å². The molecule has 2 rings (SSSR count). The van der Waals surface area contributed by atoms with Crippen LogP contribution in [0.1, 0.15) is 22.8 Å². The average Bonchev–Trinajstić information content (AvgIpc) is 2.38. The van der Waals surface area contributed by atoms with Crippen LogP contribution < -0.4 is 0 Å². The van der Waals surface area contributed by atoms with Crippen LogP contribution in [0.2, 0.25) is 5.02 Å². The molecule has 5 heteroatoms. The Morgan fingerprint density at radius 1 is 1.58 bits per heavy atom. The number of morpholine rings is 1. The molecule has 1 aromatic rings. The van der Waals surface area contributed by atoms with Crippen LogP contribution in [0.25, 0.3) is 0 Å². The van der Waals surface area contributed by atoms with Gasteiger partial charge in [0, 0.05) is 11.9 Å². The fourth-order valence-electron chi connectivity index (χ4n) is 2.14. The summed E-state index contributed by atoms with van der Waals surface area (Å²) >= 11 is 9.57. The number of nitrogens with zero attached hydrogens (tertiary/aromatic N) is 1. The molecule has 1 fully saturated rings. The lowest BCUT2D eigenvalue weighted by atomic mass is 10.1. The number of aryl methyl sites for hydroxylation is 1. The summed E-state index contributed by atoms with van der Waals surface area (Å²) in [5, 5.41) is 1.24. The van der Waals surface area contributed by atoms with Gasteiger partial charge in [-0.25, -0.2) is 0 Å². The van der Waals surface area contributed by atoms with Gasteiger partial charge in [0.15, 0.2) is 0 Å². The van der Waals surface area contributed by atoms with Crippen LogP contribution in [0.3, 0.4) is 0 Å². The van der Waals surface area contributed by atoms with Gasteiger partial charge in [0.05, 0.1) is 29.3 Å². The minimum atomic E-state index is -0.0215. The Bertz CT molecular complexity index is 481. The fourth-order valence-corrected chi connectivity index (χ4v) is 2.85. The van der Waals surface area contributed by atoms with Crippen molar-refractivity contribution >= 4 is 33.4 Å². The number of ether oxygens (including phenoxy) is 1. The molecule has 2 unspecified atom stereocenters. The minimum absolute atomic E-state index is 0.0215. The third kappa shape index (κ3) is 3.30. The van der Waals surface area contributed by atoms with Gasteiger partial charge >= 0.3 is 0 Å². The number of rotatable bonds is 2. The first-order valence-corrected chi connectivity index (χ1v) is 7.77. The summed E-state index contributed by atoms with van der Waals surface area (Å²) in [4.78, 5) is 14.4. The lowest BCUT2D eigenvalue weighted by molar-refractivity contribution is -0.0361. The highest BCUT2D eigenvalue weighted by Crippen LogP contribution is 2.22. The van der Waals surface area contributed by atoms with E-state index in [1.807, 2.05) is 30.9 Å². The summed E-state index contributed by atoms with van der Waals surface area (Å²) in [5.74, 6) is -0.0215. The van der Waals surface area contributed by atoms with Gasteiger partial charge < -0.3 is 9.64 Å². The molecule has 104 valence electrons. The highest BCUT2D eigenvalue weighted by Gasteiger charge is 2.30. The molecule has 1 amide bonds. The number of hydrogen-bond acceptors (Lipinski definition) is 2. The largest absolute Gasteiger partial charge is 0.373 e. The minimum Gasteiger partial charge on any atom is -0.373 e. The molecule has 19 heavy (non-hydrogen) atoms. The molecule has 1 heterocycles. The molecule has 1 aliphatic rings. The predicted molar refractivity (Wildman–Crippen MR) is 80.2 cm³/mol. The van der Waals surface area contributed by atoms with E-state index in [4.69, 9.17) is 16.3 Å². The van der Waals surface area contributed by atoms with Crippen molar-refractivity contribution in [2.45, 2.75) is 26.0 Å². The van der Waals surface area contributed by atoms with Crippen LogP contribution in [0.5, 0.6) is 0 Å². The smallest absolute Gasteiger partial charge is 0.255 e. The van der Waals surface area contributed by atoms with Crippen molar-refractivity contribution in [1.29, 1.82) is 0 Å². The molecular formula is C14H17BrClNO2. The van der Waals surface area contributed by atoms with E-state index in [0.29, 0.717) is 23.7 Å².